The highest BCUT2D eigenvalue weighted by Crippen LogP contribution is 2.35. The molecule has 0 saturated heterocycles. The Kier molecular flexibility index (Phi) is 6.25. The average Bonchev–Trinajstić information content (AvgIpc) is 2.25. The molecule has 0 aliphatic rings. The number of nitrogens with two attached hydrogens (primary N) is 1. The summed E-state index contributed by atoms with van der Waals surface area (Å²) < 4.78 is 29.3. The van der Waals surface area contributed by atoms with Crippen LogP contribution in [0.1, 0.15) is 6.42 Å². The Balaban J connectivity index is 2.81. The van der Waals surface area contributed by atoms with E-state index in [1.165, 1.54) is 12.1 Å². The van der Waals surface area contributed by atoms with E-state index in [1.807, 2.05) is 14.1 Å². The van der Waals surface area contributed by atoms with Gasteiger partial charge in [0.05, 0.1) is 20.4 Å². The fraction of sp³-hybridized carbons (Fsp3) is 0.455. The number of rotatable bonds is 6. The van der Waals surface area contributed by atoms with Gasteiger partial charge in [-0.05, 0) is 64.5 Å². The van der Waals surface area contributed by atoms with Gasteiger partial charge in [0.2, 0.25) is 10.0 Å². The SMILES string of the molecule is CN(C)CCCOc1c(Br)cc(S(N)(=O)=O)cc1Br. The molecule has 0 atom stereocenters. The summed E-state index contributed by atoms with van der Waals surface area (Å²) in [6.45, 7) is 1.47. The molecule has 0 spiro atoms. The summed E-state index contributed by atoms with van der Waals surface area (Å²) in [6, 6.07) is 2.86. The molecule has 1 aromatic carbocycles. The fourth-order valence-corrected chi connectivity index (χ4v) is 3.68. The van der Waals surface area contributed by atoms with Crippen molar-refractivity contribution in [2.45, 2.75) is 11.3 Å². The van der Waals surface area contributed by atoms with Crippen molar-refractivity contribution in [3.63, 3.8) is 0 Å². The lowest BCUT2D eigenvalue weighted by Gasteiger charge is -2.13. The highest BCUT2D eigenvalue weighted by Gasteiger charge is 2.15. The van der Waals surface area contributed by atoms with E-state index in [2.05, 4.69) is 36.8 Å². The van der Waals surface area contributed by atoms with Gasteiger partial charge >= 0.3 is 0 Å². The monoisotopic (exact) mass is 414 g/mol. The van der Waals surface area contributed by atoms with Gasteiger partial charge in [-0.1, -0.05) is 0 Å². The van der Waals surface area contributed by atoms with Gasteiger partial charge in [-0.3, -0.25) is 0 Å². The van der Waals surface area contributed by atoms with E-state index in [-0.39, 0.29) is 4.90 Å². The van der Waals surface area contributed by atoms with E-state index in [0.717, 1.165) is 13.0 Å². The largest absolute Gasteiger partial charge is 0.491 e. The van der Waals surface area contributed by atoms with Crippen LogP contribution in [0.2, 0.25) is 0 Å². The van der Waals surface area contributed by atoms with Gasteiger partial charge in [-0.15, -0.1) is 0 Å². The number of primary sulfonamides is 1. The zero-order chi connectivity index (χ0) is 14.6. The molecule has 0 aliphatic heterocycles. The molecule has 0 aliphatic carbocycles. The topological polar surface area (TPSA) is 72.6 Å². The molecule has 0 heterocycles. The maximum absolute atomic E-state index is 11.3. The van der Waals surface area contributed by atoms with Crippen molar-refractivity contribution in [3.05, 3.63) is 21.1 Å². The summed E-state index contributed by atoms with van der Waals surface area (Å²) >= 11 is 6.57. The average molecular weight is 416 g/mol. The van der Waals surface area contributed by atoms with Gasteiger partial charge in [0, 0.05) is 6.54 Å². The Bertz CT molecular complexity index is 524. The molecular formula is C11H16Br2N2O3S. The van der Waals surface area contributed by atoms with E-state index >= 15 is 0 Å². The number of nitrogens with zero attached hydrogens (tertiary/aromatic N) is 1. The molecule has 1 rings (SSSR count). The molecule has 2 N–H and O–H groups in total. The molecule has 8 heteroatoms. The quantitative estimate of drug-likeness (QED) is 0.722. The lowest BCUT2D eigenvalue weighted by molar-refractivity contribution is 0.279. The van der Waals surface area contributed by atoms with E-state index < -0.39 is 10.0 Å². The summed E-state index contributed by atoms with van der Waals surface area (Å²) in [7, 11) is 0.262. The van der Waals surface area contributed by atoms with Crippen molar-refractivity contribution in [2.75, 3.05) is 27.2 Å². The third kappa shape index (κ3) is 5.39. The van der Waals surface area contributed by atoms with Crippen LogP contribution < -0.4 is 9.88 Å². The van der Waals surface area contributed by atoms with Crippen molar-refractivity contribution >= 4 is 41.9 Å². The van der Waals surface area contributed by atoms with Gasteiger partial charge in [0.1, 0.15) is 5.75 Å². The minimum atomic E-state index is -3.72. The van der Waals surface area contributed by atoms with Crippen LogP contribution in [0.5, 0.6) is 5.75 Å². The summed E-state index contributed by atoms with van der Waals surface area (Å²) in [5, 5.41) is 5.08. The number of sulfonamides is 1. The third-order valence-corrected chi connectivity index (χ3v) is 4.37. The molecule has 0 unspecified atom stereocenters. The van der Waals surface area contributed by atoms with Gasteiger partial charge in [0.25, 0.3) is 0 Å². The normalized spacial score (nSPS) is 11.9. The van der Waals surface area contributed by atoms with E-state index in [9.17, 15) is 8.42 Å². The Hall–Kier alpha value is -0.150. The second-order valence-corrected chi connectivity index (χ2v) is 7.54. The number of benzene rings is 1. The summed E-state index contributed by atoms with van der Waals surface area (Å²) in [5.41, 5.74) is 0. The van der Waals surface area contributed by atoms with Gasteiger partial charge in [0.15, 0.2) is 0 Å². The number of hydrogen-bond donors (Lipinski definition) is 1. The van der Waals surface area contributed by atoms with E-state index in [4.69, 9.17) is 9.88 Å². The van der Waals surface area contributed by atoms with Gasteiger partial charge < -0.3 is 9.64 Å². The van der Waals surface area contributed by atoms with Crippen molar-refractivity contribution in [1.29, 1.82) is 0 Å². The molecule has 108 valence electrons. The van der Waals surface area contributed by atoms with Gasteiger partial charge in [-0.2, -0.15) is 0 Å². The van der Waals surface area contributed by atoms with Crippen LogP contribution in [0.15, 0.2) is 26.0 Å². The maximum atomic E-state index is 11.3. The standard InChI is InChI=1S/C11H16Br2N2O3S/c1-15(2)4-3-5-18-11-9(12)6-8(7-10(11)13)19(14,16)17/h6-7H,3-5H2,1-2H3,(H2,14,16,17). The number of hydrogen-bond acceptors (Lipinski definition) is 4. The Morgan fingerprint density at radius 1 is 1.26 bits per heavy atom. The Morgan fingerprint density at radius 3 is 2.21 bits per heavy atom. The maximum Gasteiger partial charge on any atom is 0.238 e. The predicted molar refractivity (Wildman–Crippen MR) is 81.9 cm³/mol. The molecule has 0 bridgehead atoms. The summed E-state index contributed by atoms with van der Waals surface area (Å²) in [6.07, 6.45) is 0.878. The zero-order valence-corrected chi connectivity index (χ0v) is 14.7. The van der Waals surface area contributed by atoms with Crippen molar-refractivity contribution in [3.8, 4) is 5.75 Å². The molecule has 0 amide bonds. The van der Waals surface area contributed by atoms with Crippen LogP contribution >= 0.6 is 31.9 Å². The zero-order valence-electron chi connectivity index (χ0n) is 10.7. The van der Waals surface area contributed by atoms with E-state index in [1.54, 1.807) is 0 Å². The summed E-state index contributed by atoms with van der Waals surface area (Å²) in [4.78, 5) is 2.10. The van der Waals surface area contributed by atoms with Crippen LogP contribution in [0.3, 0.4) is 0 Å². The second-order valence-electron chi connectivity index (χ2n) is 4.27. The van der Waals surface area contributed by atoms with Crippen LogP contribution in [0.25, 0.3) is 0 Å². The van der Waals surface area contributed by atoms with E-state index in [0.29, 0.717) is 21.3 Å². The highest BCUT2D eigenvalue weighted by molar-refractivity contribution is 9.11. The molecule has 0 saturated carbocycles. The summed E-state index contributed by atoms with van der Waals surface area (Å²) in [5.74, 6) is 0.575. The first kappa shape index (κ1) is 16.9. The van der Waals surface area contributed by atoms with Crippen LogP contribution in [-0.2, 0) is 10.0 Å². The van der Waals surface area contributed by atoms with Crippen LogP contribution in [0, 0.1) is 0 Å². The predicted octanol–water partition coefficient (Wildman–Crippen LogP) is 2.19. The first-order valence-electron chi connectivity index (χ1n) is 5.51. The molecular weight excluding hydrogens is 400 g/mol. The minimum absolute atomic E-state index is 0.0342. The fourth-order valence-electron chi connectivity index (χ4n) is 1.39. The first-order valence-corrected chi connectivity index (χ1v) is 8.64. The van der Waals surface area contributed by atoms with Crippen LogP contribution in [-0.4, -0.2) is 40.6 Å². The minimum Gasteiger partial charge on any atom is -0.491 e. The Labute approximate surface area is 130 Å². The molecule has 19 heavy (non-hydrogen) atoms. The molecule has 0 fully saturated rings. The van der Waals surface area contributed by atoms with Crippen molar-refractivity contribution in [1.82, 2.24) is 4.90 Å². The van der Waals surface area contributed by atoms with Crippen LogP contribution in [0.4, 0.5) is 0 Å². The lowest BCUT2D eigenvalue weighted by Crippen LogP contribution is -2.16. The smallest absolute Gasteiger partial charge is 0.238 e. The van der Waals surface area contributed by atoms with Crippen molar-refractivity contribution in [2.24, 2.45) is 5.14 Å². The number of halogens is 2. The third-order valence-electron chi connectivity index (χ3n) is 2.30. The number of ether oxygens (including phenoxy) is 1. The molecule has 0 radical (unpaired) electrons. The molecule has 1 aromatic rings. The second kappa shape index (κ2) is 7.03. The lowest BCUT2D eigenvalue weighted by atomic mass is 10.3. The molecule has 5 nitrogen and oxygen atoms in total. The Morgan fingerprint density at radius 2 is 1.79 bits per heavy atom. The first-order chi connectivity index (χ1) is 8.71. The van der Waals surface area contributed by atoms with Gasteiger partial charge in [-0.25, -0.2) is 13.6 Å². The van der Waals surface area contributed by atoms with Crippen molar-refractivity contribution < 1.29 is 13.2 Å². The highest BCUT2D eigenvalue weighted by atomic mass is 79.9. The molecule has 0 aromatic heterocycles.